The number of rotatable bonds is 12. The summed E-state index contributed by atoms with van der Waals surface area (Å²) in [7, 11) is 0. The molecule has 40 heavy (non-hydrogen) atoms. The Morgan fingerprint density at radius 2 is 1.75 bits per heavy atom. The quantitative estimate of drug-likeness (QED) is 0.268. The molecule has 0 amide bonds. The van der Waals surface area contributed by atoms with Gasteiger partial charge in [-0.2, -0.15) is 9.78 Å². The molecule has 0 unspecified atom stereocenters. The monoisotopic (exact) mass is 538 g/mol. The zero-order valence-corrected chi connectivity index (χ0v) is 22.4. The van der Waals surface area contributed by atoms with Crippen molar-refractivity contribution in [3.05, 3.63) is 72.2 Å². The normalized spacial score (nSPS) is 13.3. The van der Waals surface area contributed by atoms with Crippen LogP contribution in [0.5, 0.6) is 0 Å². The molecular weight excluding hydrogens is 508 g/mol. The number of hydrogen-bond acceptors (Lipinski definition) is 10. The highest BCUT2D eigenvalue weighted by atomic mass is 16.5. The number of fused-ring (bicyclic) bond motifs is 1. The van der Waals surface area contributed by atoms with Gasteiger partial charge in [0.25, 0.3) is 6.47 Å². The number of aliphatic hydroxyl groups excluding tert-OH is 1. The maximum atomic E-state index is 11.0. The predicted molar refractivity (Wildman–Crippen MR) is 153 cm³/mol. The van der Waals surface area contributed by atoms with Crippen molar-refractivity contribution in [3.63, 3.8) is 0 Å². The number of aliphatic hydroxyl groups is 1. The smallest absolute Gasteiger partial charge is 0.293 e. The summed E-state index contributed by atoms with van der Waals surface area (Å²) in [6.45, 7) is 6.22. The lowest BCUT2D eigenvalue weighted by molar-refractivity contribution is -0.127. The fourth-order valence-electron chi connectivity index (χ4n) is 4.55. The fraction of sp³-hybridized carbons (Fsp3) is 0.276. The van der Waals surface area contributed by atoms with Crippen LogP contribution in [0, 0.1) is 0 Å². The Labute approximate surface area is 231 Å². The Hall–Kier alpha value is -4.77. The molecule has 0 aliphatic carbocycles. The van der Waals surface area contributed by atoms with Crippen LogP contribution in [0.2, 0.25) is 0 Å². The third-order valence-electron chi connectivity index (χ3n) is 6.36. The van der Waals surface area contributed by atoms with Gasteiger partial charge in [-0.05, 0) is 55.3 Å². The molecule has 0 spiro atoms. The van der Waals surface area contributed by atoms with Gasteiger partial charge in [-0.3, -0.25) is 9.78 Å². The van der Waals surface area contributed by atoms with E-state index in [0.29, 0.717) is 52.2 Å². The van der Waals surface area contributed by atoms with E-state index in [1.165, 1.54) is 0 Å². The van der Waals surface area contributed by atoms with Crippen LogP contribution in [-0.4, -0.2) is 67.5 Å². The number of hydrogen-bond donors (Lipinski definition) is 1. The van der Waals surface area contributed by atoms with Crippen molar-refractivity contribution in [1.29, 1.82) is 0 Å². The Kier molecular flexibility index (Phi) is 8.31. The van der Waals surface area contributed by atoms with Crippen LogP contribution >= 0.6 is 0 Å². The van der Waals surface area contributed by atoms with Gasteiger partial charge in [-0.15, -0.1) is 10.2 Å². The van der Waals surface area contributed by atoms with Crippen molar-refractivity contribution < 1.29 is 14.6 Å². The molecule has 1 aliphatic heterocycles. The third-order valence-corrected chi connectivity index (χ3v) is 6.36. The first-order valence-electron chi connectivity index (χ1n) is 13.2. The standard InChI is InChI=1S/C29H30N8O3/c1-3-14-36(15-4-2)21-11-12-22(20(16-21)17-38)32-27-26(18-40-19-39)35-37-28(33-34-29(27)37)25-10-7-9-24(31-25)23-8-5-6-13-30-23/h5-13,16,19,38H,3-4,14-15,17-18H2,1-2H3/b32-27-. The summed E-state index contributed by atoms with van der Waals surface area (Å²) >= 11 is 0. The van der Waals surface area contributed by atoms with Crippen molar-refractivity contribution in [3.8, 4) is 22.9 Å². The topological polar surface area (TPSA) is 131 Å². The summed E-state index contributed by atoms with van der Waals surface area (Å²) in [5, 5.41) is 23.5. The third kappa shape index (κ3) is 5.50. The van der Waals surface area contributed by atoms with E-state index in [4.69, 9.17) is 14.7 Å². The van der Waals surface area contributed by atoms with Crippen LogP contribution in [0.4, 0.5) is 11.4 Å². The Balaban J connectivity index is 1.54. The van der Waals surface area contributed by atoms with E-state index >= 15 is 0 Å². The van der Waals surface area contributed by atoms with Crippen molar-refractivity contribution in [2.45, 2.75) is 33.3 Å². The highest BCUT2D eigenvalue weighted by Crippen LogP contribution is 2.29. The molecule has 5 rings (SSSR count). The number of pyridine rings is 2. The molecule has 0 radical (unpaired) electrons. The van der Waals surface area contributed by atoms with E-state index in [1.54, 1.807) is 10.9 Å². The van der Waals surface area contributed by atoms with Crippen molar-refractivity contribution in [2.24, 2.45) is 10.1 Å². The second kappa shape index (κ2) is 12.4. The molecular formula is C29H30N8O3. The van der Waals surface area contributed by atoms with Gasteiger partial charge < -0.3 is 14.7 Å². The molecule has 3 aromatic heterocycles. The molecule has 0 bridgehead atoms. The van der Waals surface area contributed by atoms with Gasteiger partial charge in [0.2, 0.25) is 11.6 Å². The van der Waals surface area contributed by atoms with Crippen molar-refractivity contribution in [1.82, 2.24) is 24.8 Å². The lowest BCUT2D eigenvalue weighted by Gasteiger charge is -2.24. The average molecular weight is 539 g/mol. The van der Waals surface area contributed by atoms with Crippen LogP contribution in [0.25, 0.3) is 22.9 Å². The second-order valence-electron chi connectivity index (χ2n) is 9.15. The number of aliphatic imine (C=N–C) groups is 1. The first kappa shape index (κ1) is 26.8. The Morgan fingerprint density at radius 3 is 2.48 bits per heavy atom. The summed E-state index contributed by atoms with van der Waals surface area (Å²) in [6.07, 6.45) is 3.75. The molecule has 1 aromatic carbocycles. The highest BCUT2D eigenvalue weighted by Gasteiger charge is 2.30. The number of nitrogens with zero attached hydrogens (tertiary/aromatic N) is 8. The molecule has 11 nitrogen and oxygen atoms in total. The minimum atomic E-state index is -0.189. The lowest BCUT2D eigenvalue weighted by atomic mass is 10.1. The van der Waals surface area contributed by atoms with Gasteiger partial charge >= 0.3 is 0 Å². The zero-order chi connectivity index (χ0) is 27.9. The predicted octanol–water partition coefficient (Wildman–Crippen LogP) is 4.03. The van der Waals surface area contributed by atoms with E-state index in [2.05, 4.69) is 39.0 Å². The highest BCUT2D eigenvalue weighted by molar-refractivity contribution is 6.49. The van der Waals surface area contributed by atoms with E-state index < -0.39 is 0 Å². The van der Waals surface area contributed by atoms with Crippen LogP contribution in [0.15, 0.2) is 70.9 Å². The maximum Gasteiger partial charge on any atom is 0.293 e. The number of benzene rings is 1. The summed E-state index contributed by atoms with van der Waals surface area (Å²) in [5.41, 5.74) is 5.05. The summed E-state index contributed by atoms with van der Waals surface area (Å²) in [5.74, 6) is 0.796. The van der Waals surface area contributed by atoms with Crippen LogP contribution in [0.3, 0.4) is 0 Å². The van der Waals surface area contributed by atoms with Gasteiger partial charge in [-0.1, -0.05) is 26.0 Å². The number of anilines is 1. The lowest BCUT2D eigenvalue weighted by Crippen LogP contribution is -2.24. The molecule has 4 aromatic rings. The molecule has 1 N–H and O–H groups in total. The summed E-state index contributed by atoms with van der Waals surface area (Å²) < 4.78 is 6.58. The van der Waals surface area contributed by atoms with Crippen molar-refractivity contribution >= 4 is 29.3 Å². The number of aromatic nitrogens is 5. The Bertz CT molecular complexity index is 1540. The molecule has 204 valence electrons. The first-order chi connectivity index (χ1) is 19.7. The SMILES string of the molecule is CCCN(CCC)c1ccc(/N=C2/C(COC=O)=Nn3c2nnc3-c2cccc(-c3ccccn3)n2)c(CO)c1. The molecule has 4 heterocycles. The molecule has 11 heteroatoms. The van der Waals surface area contributed by atoms with E-state index in [-0.39, 0.29) is 13.2 Å². The maximum absolute atomic E-state index is 11.0. The minimum absolute atomic E-state index is 0.0974. The van der Waals surface area contributed by atoms with Gasteiger partial charge in [0, 0.05) is 30.5 Å². The van der Waals surface area contributed by atoms with E-state index in [1.807, 2.05) is 54.6 Å². The van der Waals surface area contributed by atoms with Gasteiger partial charge in [0.1, 0.15) is 23.7 Å². The van der Waals surface area contributed by atoms with Crippen LogP contribution < -0.4 is 4.90 Å². The summed E-state index contributed by atoms with van der Waals surface area (Å²) in [6, 6.07) is 17.0. The molecule has 0 atom stereocenters. The van der Waals surface area contributed by atoms with Gasteiger partial charge in [0.05, 0.1) is 23.7 Å². The van der Waals surface area contributed by atoms with E-state index in [0.717, 1.165) is 37.3 Å². The van der Waals surface area contributed by atoms with Crippen molar-refractivity contribution in [2.75, 3.05) is 24.6 Å². The average Bonchev–Trinajstić information content (AvgIpc) is 3.56. The van der Waals surface area contributed by atoms with Gasteiger partial charge in [-0.25, -0.2) is 9.98 Å². The molecule has 1 aliphatic rings. The largest absolute Gasteiger partial charge is 0.461 e. The molecule has 0 fully saturated rings. The Morgan fingerprint density at radius 1 is 0.975 bits per heavy atom. The zero-order valence-electron chi connectivity index (χ0n) is 22.4. The molecule has 0 saturated heterocycles. The van der Waals surface area contributed by atoms with Gasteiger partial charge in [0.15, 0.2) is 0 Å². The van der Waals surface area contributed by atoms with Crippen LogP contribution in [-0.2, 0) is 16.1 Å². The number of carbonyl (C=O) groups excluding carboxylic acids is 1. The first-order valence-corrected chi connectivity index (χ1v) is 13.2. The number of ether oxygens (including phenoxy) is 1. The van der Waals surface area contributed by atoms with E-state index in [9.17, 15) is 9.90 Å². The fourth-order valence-corrected chi connectivity index (χ4v) is 4.55. The molecule has 0 saturated carbocycles. The summed E-state index contributed by atoms with van der Waals surface area (Å²) in [4.78, 5) is 27.2. The minimum Gasteiger partial charge on any atom is -0.461 e. The van der Waals surface area contributed by atoms with Crippen LogP contribution in [0.1, 0.15) is 38.1 Å². The second-order valence-corrected chi connectivity index (χ2v) is 9.15. The number of carbonyl (C=O) groups is 1.